The number of nitrogens with two attached hydrogens (primary N) is 3. The van der Waals surface area contributed by atoms with Crippen LogP contribution in [-0.2, 0) is 24.0 Å². The van der Waals surface area contributed by atoms with E-state index in [0.717, 1.165) is 0 Å². The molecular weight excluding hydrogens is 462 g/mol. The van der Waals surface area contributed by atoms with E-state index in [1.54, 1.807) is 0 Å². The minimum Gasteiger partial charge on any atom is -0.481 e. The lowest BCUT2D eigenvalue weighted by atomic mass is 10.1. The Labute approximate surface area is 194 Å². The van der Waals surface area contributed by atoms with Crippen LogP contribution in [-0.4, -0.2) is 94.0 Å². The molecule has 0 aromatic carbocycles. The maximum absolute atomic E-state index is 12.7. The van der Waals surface area contributed by atoms with E-state index in [4.69, 9.17) is 27.4 Å². The highest BCUT2D eigenvalue weighted by molar-refractivity contribution is 7.80. The summed E-state index contributed by atoms with van der Waals surface area (Å²) in [7, 11) is 0. The Hall–Kier alpha value is -3.11. The standard InChI is InChI=1S/C17H31N7O8S/c18-8(6-25)13(28)24-11(7-33)15(30)22-9(2-1-5-21-17(19)20)14(29)23-10(16(31)32)3-4-12(26)27/h8-11,25,33H,1-7,18H2,(H,22,30)(H,23,29)(H,24,28)(H,26,27)(H,31,32)(H4,19,20,21). The summed E-state index contributed by atoms with van der Waals surface area (Å²) >= 11 is 3.98. The molecule has 188 valence electrons. The number of carboxylic acids is 2. The van der Waals surface area contributed by atoms with Gasteiger partial charge < -0.3 is 48.5 Å². The molecule has 4 unspecified atom stereocenters. The number of nitrogens with zero attached hydrogens (tertiary/aromatic N) is 1. The quantitative estimate of drug-likeness (QED) is 0.0425. The molecule has 0 fully saturated rings. The highest BCUT2D eigenvalue weighted by atomic mass is 32.1. The minimum absolute atomic E-state index is 0.0109. The van der Waals surface area contributed by atoms with Crippen molar-refractivity contribution in [3.05, 3.63) is 0 Å². The highest BCUT2D eigenvalue weighted by Crippen LogP contribution is 2.04. The Balaban J connectivity index is 5.39. The molecule has 0 aliphatic rings. The first kappa shape index (κ1) is 29.9. The van der Waals surface area contributed by atoms with Crippen molar-refractivity contribution in [1.82, 2.24) is 16.0 Å². The molecule has 4 atom stereocenters. The van der Waals surface area contributed by atoms with Gasteiger partial charge in [0, 0.05) is 18.7 Å². The van der Waals surface area contributed by atoms with Gasteiger partial charge in [-0.25, -0.2) is 4.79 Å². The summed E-state index contributed by atoms with van der Waals surface area (Å²) in [6.07, 6.45) is -0.670. The third kappa shape index (κ3) is 12.5. The molecule has 0 aromatic rings. The minimum atomic E-state index is -1.51. The molecule has 15 nitrogen and oxygen atoms in total. The lowest BCUT2D eigenvalue weighted by Crippen LogP contribution is -2.58. The fourth-order valence-corrected chi connectivity index (χ4v) is 2.66. The molecule has 0 aliphatic carbocycles. The van der Waals surface area contributed by atoms with Gasteiger partial charge in [-0.15, -0.1) is 0 Å². The van der Waals surface area contributed by atoms with Crippen molar-refractivity contribution in [2.75, 3.05) is 18.9 Å². The van der Waals surface area contributed by atoms with Crippen molar-refractivity contribution < 1.29 is 39.3 Å². The average Bonchev–Trinajstić information content (AvgIpc) is 2.75. The molecule has 16 heteroatoms. The van der Waals surface area contributed by atoms with Crippen LogP contribution in [0.25, 0.3) is 0 Å². The number of carbonyl (C=O) groups is 5. The first-order valence-electron chi connectivity index (χ1n) is 9.81. The average molecular weight is 494 g/mol. The number of aliphatic hydroxyl groups excluding tert-OH is 1. The van der Waals surface area contributed by atoms with Gasteiger partial charge in [-0.1, -0.05) is 0 Å². The van der Waals surface area contributed by atoms with Crippen LogP contribution in [0, 0.1) is 0 Å². The SMILES string of the molecule is NC(N)=NCCCC(NC(=O)C(CS)NC(=O)C(N)CO)C(=O)NC(CCC(=O)O)C(=O)O. The van der Waals surface area contributed by atoms with Crippen molar-refractivity contribution in [1.29, 1.82) is 0 Å². The number of aliphatic imine (C=N–C) groups is 1. The van der Waals surface area contributed by atoms with Crippen molar-refractivity contribution in [3.63, 3.8) is 0 Å². The van der Waals surface area contributed by atoms with E-state index in [-0.39, 0.29) is 37.5 Å². The van der Waals surface area contributed by atoms with Crippen LogP contribution in [0.2, 0.25) is 0 Å². The van der Waals surface area contributed by atoms with E-state index < -0.39 is 66.9 Å². The molecule has 0 bridgehead atoms. The highest BCUT2D eigenvalue weighted by Gasteiger charge is 2.29. The van der Waals surface area contributed by atoms with Gasteiger partial charge in [-0.05, 0) is 19.3 Å². The van der Waals surface area contributed by atoms with Crippen LogP contribution in [0.1, 0.15) is 25.7 Å². The Bertz CT molecular complexity index is 732. The van der Waals surface area contributed by atoms with Crippen molar-refractivity contribution in [3.8, 4) is 0 Å². The van der Waals surface area contributed by atoms with E-state index in [1.807, 2.05) is 0 Å². The van der Waals surface area contributed by atoms with Gasteiger partial charge in [-0.2, -0.15) is 12.6 Å². The Morgan fingerprint density at radius 2 is 1.42 bits per heavy atom. The first-order valence-corrected chi connectivity index (χ1v) is 10.4. The number of carbonyl (C=O) groups excluding carboxylic acids is 3. The third-order valence-electron chi connectivity index (χ3n) is 4.19. The van der Waals surface area contributed by atoms with E-state index in [1.165, 1.54) is 0 Å². The molecule has 0 heterocycles. The molecule has 0 aromatic heterocycles. The van der Waals surface area contributed by atoms with Gasteiger partial charge in [0.05, 0.1) is 6.61 Å². The maximum Gasteiger partial charge on any atom is 0.326 e. The molecule has 0 aliphatic heterocycles. The van der Waals surface area contributed by atoms with Crippen LogP contribution in [0.3, 0.4) is 0 Å². The van der Waals surface area contributed by atoms with E-state index >= 15 is 0 Å². The molecule has 0 saturated heterocycles. The van der Waals surface area contributed by atoms with Gasteiger partial charge in [0.2, 0.25) is 17.7 Å². The Morgan fingerprint density at radius 3 is 1.91 bits per heavy atom. The fourth-order valence-electron chi connectivity index (χ4n) is 2.40. The largest absolute Gasteiger partial charge is 0.481 e. The zero-order valence-electron chi connectivity index (χ0n) is 17.8. The predicted molar refractivity (Wildman–Crippen MR) is 119 cm³/mol. The summed E-state index contributed by atoms with van der Waals surface area (Å²) in [5, 5.41) is 33.8. The van der Waals surface area contributed by atoms with Crippen molar-refractivity contribution in [2.45, 2.75) is 49.9 Å². The number of hydrogen-bond acceptors (Lipinski definition) is 9. The first-order chi connectivity index (χ1) is 15.4. The number of thiol groups is 1. The van der Waals surface area contributed by atoms with Gasteiger partial charge in [-0.3, -0.25) is 24.2 Å². The van der Waals surface area contributed by atoms with E-state index in [0.29, 0.717) is 0 Å². The lowest BCUT2D eigenvalue weighted by molar-refractivity contribution is -0.143. The summed E-state index contributed by atoms with van der Waals surface area (Å²) in [6.45, 7) is -0.545. The number of hydrogen-bond donors (Lipinski definition) is 10. The molecule has 33 heavy (non-hydrogen) atoms. The van der Waals surface area contributed by atoms with Crippen LogP contribution in [0.15, 0.2) is 4.99 Å². The zero-order chi connectivity index (χ0) is 25.6. The zero-order valence-corrected chi connectivity index (χ0v) is 18.7. The number of amides is 3. The summed E-state index contributed by atoms with van der Waals surface area (Å²) in [5.74, 6) is -5.57. The van der Waals surface area contributed by atoms with E-state index in [9.17, 15) is 29.1 Å². The van der Waals surface area contributed by atoms with Crippen LogP contribution < -0.4 is 33.2 Å². The van der Waals surface area contributed by atoms with Crippen molar-refractivity contribution >= 4 is 48.2 Å². The number of nitrogens with one attached hydrogen (secondary N) is 3. The summed E-state index contributed by atoms with van der Waals surface area (Å²) < 4.78 is 0. The number of aliphatic hydroxyl groups is 1. The van der Waals surface area contributed by atoms with Gasteiger partial charge in [0.25, 0.3) is 0 Å². The topological polar surface area (TPSA) is 273 Å². The number of guanidine groups is 1. The normalized spacial score (nSPS) is 14.2. The maximum atomic E-state index is 12.7. The molecule has 0 radical (unpaired) electrons. The van der Waals surface area contributed by atoms with Crippen LogP contribution >= 0.6 is 12.6 Å². The summed E-state index contributed by atoms with van der Waals surface area (Å²) in [5.41, 5.74) is 15.9. The predicted octanol–water partition coefficient (Wildman–Crippen LogP) is -4.31. The second-order valence-corrected chi connectivity index (χ2v) is 7.24. The number of carboxylic acid groups (broad SMARTS) is 2. The number of aliphatic carboxylic acids is 2. The van der Waals surface area contributed by atoms with Crippen molar-refractivity contribution in [2.24, 2.45) is 22.2 Å². The smallest absolute Gasteiger partial charge is 0.326 e. The summed E-state index contributed by atoms with van der Waals surface area (Å²) in [6, 6.07) is -5.25. The lowest BCUT2D eigenvalue weighted by Gasteiger charge is -2.24. The molecule has 0 spiro atoms. The van der Waals surface area contributed by atoms with E-state index in [2.05, 4.69) is 33.6 Å². The van der Waals surface area contributed by atoms with Gasteiger partial charge in [0.15, 0.2) is 5.96 Å². The van der Waals surface area contributed by atoms with Gasteiger partial charge >= 0.3 is 11.9 Å². The second-order valence-electron chi connectivity index (χ2n) is 6.87. The molecule has 0 rings (SSSR count). The molecular formula is C17H31N7O8S. The van der Waals surface area contributed by atoms with Crippen LogP contribution in [0.4, 0.5) is 0 Å². The molecule has 0 saturated carbocycles. The second kappa shape index (κ2) is 15.7. The monoisotopic (exact) mass is 493 g/mol. The molecule has 3 amide bonds. The summed E-state index contributed by atoms with van der Waals surface area (Å²) in [4.78, 5) is 63.0. The molecule has 12 N–H and O–H groups in total. The number of rotatable bonds is 16. The van der Waals surface area contributed by atoms with Crippen LogP contribution in [0.5, 0.6) is 0 Å². The van der Waals surface area contributed by atoms with Gasteiger partial charge in [0.1, 0.15) is 24.2 Å². The Morgan fingerprint density at radius 1 is 0.879 bits per heavy atom. The Kier molecular flexibility index (Phi) is 14.2. The fraction of sp³-hybridized carbons (Fsp3) is 0.647. The third-order valence-corrected chi connectivity index (χ3v) is 4.55.